The molecule has 2 N–H and O–H groups in total. The Kier molecular flexibility index (Phi) is 7.38. The van der Waals surface area contributed by atoms with E-state index in [-0.39, 0.29) is 18.2 Å². The number of hydrogen-bond acceptors (Lipinski definition) is 4. The van der Waals surface area contributed by atoms with Crippen molar-refractivity contribution in [3.05, 3.63) is 0 Å². The van der Waals surface area contributed by atoms with Crippen LogP contribution in [0.2, 0.25) is 0 Å². The van der Waals surface area contributed by atoms with Crippen LogP contribution >= 0.6 is 0 Å². The highest BCUT2D eigenvalue weighted by molar-refractivity contribution is 7.90. The van der Waals surface area contributed by atoms with E-state index >= 15 is 0 Å². The number of amides is 1. The van der Waals surface area contributed by atoms with Gasteiger partial charge in [-0.15, -0.1) is 0 Å². The summed E-state index contributed by atoms with van der Waals surface area (Å²) < 4.78 is 21.8. The van der Waals surface area contributed by atoms with Crippen LogP contribution in [0.1, 0.15) is 44.9 Å². The van der Waals surface area contributed by atoms with Crippen molar-refractivity contribution < 1.29 is 13.2 Å². The van der Waals surface area contributed by atoms with Crippen molar-refractivity contribution in [3.63, 3.8) is 0 Å². The minimum Gasteiger partial charge on any atom is -0.352 e. The molecule has 0 radical (unpaired) electrons. The number of sulfone groups is 1. The Morgan fingerprint density at radius 2 is 1.79 bits per heavy atom. The Bertz CT molecular complexity index is 360. The summed E-state index contributed by atoms with van der Waals surface area (Å²) in [6, 6.07) is 0.327. The maximum atomic E-state index is 11.7. The van der Waals surface area contributed by atoms with E-state index in [4.69, 9.17) is 0 Å². The first-order chi connectivity index (χ1) is 8.97. The number of carbonyl (C=O) groups is 1. The molecule has 0 heterocycles. The molecule has 0 aromatic carbocycles. The molecule has 0 unspecified atom stereocenters. The SMILES string of the molecule is CS(=O)(=O)CCCNCC(=O)NC1CCCCCC1. The smallest absolute Gasteiger partial charge is 0.234 e. The molecule has 1 fully saturated rings. The van der Waals surface area contributed by atoms with Crippen molar-refractivity contribution >= 4 is 15.7 Å². The van der Waals surface area contributed by atoms with Gasteiger partial charge < -0.3 is 10.6 Å². The lowest BCUT2D eigenvalue weighted by molar-refractivity contribution is -0.121. The van der Waals surface area contributed by atoms with Crippen LogP contribution in [0.5, 0.6) is 0 Å². The molecule has 0 aromatic heterocycles. The summed E-state index contributed by atoms with van der Waals surface area (Å²) in [5.74, 6) is 0.191. The molecule has 6 heteroatoms. The van der Waals surface area contributed by atoms with E-state index < -0.39 is 9.84 Å². The van der Waals surface area contributed by atoms with Gasteiger partial charge in [0, 0.05) is 12.3 Å². The third kappa shape index (κ3) is 8.99. The monoisotopic (exact) mass is 290 g/mol. The summed E-state index contributed by atoms with van der Waals surface area (Å²) in [6.45, 7) is 0.839. The van der Waals surface area contributed by atoms with Crippen LogP contribution in [-0.4, -0.2) is 45.5 Å². The van der Waals surface area contributed by atoms with Crippen LogP contribution in [0.25, 0.3) is 0 Å². The van der Waals surface area contributed by atoms with Crippen LogP contribution in [-0.2, 0) is 14.6 Å². The largest absolute Gasteiger partial charge is 0.352 e. The average Bonchev–Trinajstić information content (AvgIpc) is 2.55. The number of carbonyl (C=O) groups excluding carboxylic acids is 1. The van der Waals surface area contributed by atoms with Crippen LogP contribution < -0.4 is 10.6 Å². The Balaban J connectivity index is 2.07. The summed E-state index contributed by atoms with van der Waals surface area (Å²) in [6.07, 6.45) is 8.90. The molecule has 0 spiro atoms. The molecule has 112 valence electrons. The first kappa shape index (κ1) is 16.4. The summed E-state index contributed by atoms with van der Waals surface area (Å²) in [4.78, 5) is 11.7. The molecular weight excluding hydrogens is 264 g/mol. The standard InChI is InChI=1S/C13H26N2O3S/c1-19(17,18)10-6-9-14-11-13(16)15-12-7-4-2-3-5-8-12/h12,14H,2-11H2,1H3,(H,15,16). The van der Waals surface area contributed by atoms with Gasteiger partial charge in [-0.25, -0.2) is 8.42 Å². The van der Waals surface area contributed by atoms with E-state index in [1.54, 1.807) is 0 Å². The summed E-state index contributed by atoms with van der Waals surface area (Å²) in [7, 11) is -2.89. The van der Waals surface area contributed by atoms with E-state index in [1.165, 1.54) is 31.9 Å². The van der Waals surface area contributed by atoms with E-state index in [0.717, 1.165) is 12.8 Å². The van der Waals surface area contributed by atoms with E-state index in [1.807, 2.05) is 0 Å². The zero-order valence-corrected chi connectivity index (χ0v) is 12.6. The molecule has 0 saturated heterocycles. The minimum atomic E-state index is -2.89. The van der Waals surface area contributed by atoms with Crippen molar-refractivity contribution in [2.45, 2.75) is 51.0 Å². The predicted octanol–water partition coefficient (Wildman–Crippen LogP) is 0.850. The quantitative estimate of drug-likeness (QED) is 0.538. The molecule has 1 saturated carbocycles. The second-order valence-electron chi connectivity index (χ2n) is 5.42. The Labute approximate surface area is 116 Å². The maximum absolute atomic E-state index is 11.7. The fourth-order valence-corrected chi connectivity index (χ4v) is 3.03. The fourth-order valence-electron chi connectivity index (χ4n) is 2.36. The van der Waals surface area contributed by atoms with Gasteiger partial charge in [0.05, 0.1) is 12.3 Å². The van der Waals surface area contributed by atoms with Gasteiger partial charge in [0.15, 0.2) is 0 Å². The third-order valence-corrected chi connectivity index (χ3v) is 4.40. The zero-order chi connectivity index (χ0) is 14.1. The first-order valence-electron chi connectivity index (χ1n) is 7.15. The molecule has 1 rings (SSSR count). The highest BCUT2D eigenvalue weighted by Gasteiger charge is 2.14. The lowest BCUT2D eigenvalue weighted by Gasteiger charge is -2.16. The van der Waals surface area contributed by atoms with Crippen molar-refractivity contribution in [3.8, 4) is 0 Å². The number of nitrogens with one attached hydrogen (secondary N) is 2. The third-order valence-electron chi connectivity index (χ3n) is 3.37. The summed E-state index contributed by atoms with van der Waals surface area (Å²) in [5, 5.41) is 6.03. The number of rotatable bonds is 7. The molecule has 0 aliphatic heterocycles. The molecule has 5 nitrogen and oxygen atoms in total. The van der Waals surface area contributed by atoms with E-state index in [9.17, 15) is 13.2 Å². The molecule has 1 aliphatic rings. The molecule has 1 amide bonds. The van der Waals surface area contributed by atoms with Crippen molar-refractivity contribution in [1.82, 2.24) is 10.6 Å². The van der Waals surface area contributed by atoms with Crippen molar-refractivity contribution in [2.75, 3.05) is 25.1 Å². The summed E-state index contributed by atoms with van der Waals surface area (Å²) in [5.41, 5.74) is 0. The average molecular weight is 290 g/mol. The molecular formula is C13H26N2O3S. The zero-order valence-electron chi connectivity index (χ0n) is 11.8. The lowest BCUT2D eigenvalue weighted by Crippen LogP contribution is -2.40. The molecule has 0 bridgehead atoms. The second-order valence-corrected chi connectivity index (χ2v) is 7.68. The molecule has 0 aromatic rings. The maximum Gasteiger partial charge on any atom is 0.234 e. The fraction of sp³-hybridized carbons (Fsp3) is 0.923. The molecule has 0 atom stereocenters. The highest BCUT2D eigenvalue weighted by Crippen LogP contribution is 2.16. The van der Waals surface area contributed by atoms with Gasteiger partial charge in [-0.05, 0) is 25.8 Å². The molecule has 1 aliphatic carbocycles. The van der Waals surface area contributed by atoms with Gasteiger partial charge in [-0.3, -0.25) is 4.79 Å². The van der Waals surface area contributed by atoms with Gasteiger partial charge in [-0.2, -0.15) is 0 Å². The van der Waals surface area contributed by atoms with Gasteiger partial charge in [0.2, 0.25) is 5.91 Å². The van der Waals surface area contributed by atoms with Crippen LogP contribution in [0.4, 0.5) is 0 Å². The highest BCUT2D eigenvalue weighted by atomic mass is 32.2. The van der Waals surface area contributed by atoms with E-state index in [0.29, 0.717) is 19.0 Å². The van der Waals surface area contributed by atoms with Crippen LogP contribution in [0, 0.1) is 0 Å². The Morgan fingerprint density at radius 1 is 1.16 bits per heavy atom. The van der Waals surface area contributed by atoms with Gasteiger partial charge >= 0.3 is 0 Å². The van der Waals surface area contributed by atoms with Gasteiger partial charge in [0.25, 0.3) is 0 Å². The first-order valence-corrected chi connectivity index (χ1v) is 9.21. The van der Waals surface area contributed by atoms with Crippen LogP contribution in [0.15, 0.2) is 0 Å². The lowest BCUT2D eigenvalue weighted by atomic mass is 10.1. The van der Waals surface area contributed by atoms with E-state index in [2.05, 4.69) is 10.6 Å². The van der Waals surface area contributed by atoms with Gasteiger partial charge in [-0.1, -0.05) is 25.7 Å². The van der Waals surface area contributed by atoms with Crippen molar-refractivity contribution in [1.29, 1.82) is 0 Å². The number of hydrogen-bond donors (Lipinski definition) is 2. The summed E-state index contributed by atoms with van der Waals surface area (Å²) >= 11 is 0. The van der Waals surface area contributed by atoms with Crippen LogP contribution in [0.3, 0.4) is 0 Å². The normalized spacial score (nSPS) is 17.9. The topological polar surface area (TPSA) is 75.3 Å². The Morgan fingerprint density at radius 3 is 2.37 bits per heavy atom. The second kappa shape index (κ2) is 8.53. The predicted molar refractivity (Wildman–Crippen MR) is 76.8 cm³/mol. The minimum absolute atomic E-state index is 0.0197. The Hall–Kier alpha value is -0.620. The van der Waals surface area contributed by atoms with Crippen molar-refractivity contribution in [2.24, 2.45) is 0 Å². The van der Waals surface area contributed by atoms with Gasteiger partial charge in [0.1, 0.15) is 9.84 Å². The molecule has 19 heavy (non-hydrogen) atoms.